The van der Waals surface area contributed by atoms with Gasteiger partial charge in [0.25, 0.3) is 0 Å². The largest absolute Gasteiger partial charge is 0.480 e. The first-order valence-electron chi connectivity index (χ1n) is 6.28. The molecule has 1 heterocycles. The molecule has 2 amide bonds. The van der Waals surface area contributed by atoms with Crippen LogP contribution in [0.1, 0.15) is 12.0 Å². The molecule has 1 aromatic rings. The number of nitrogens with one attached hydrogen (secondary N) is 2. The molecule has 0 fully saturated rings. The Morgan fingerprint density at radius 2 is 2.30 bits per heavy atom. The summed E-state index contributed by atoms with van der Waals surface area (Å²) in [7, 11) is 1.48. The molecule has 7 nitrogen and oxygen atoms in total. The first kappa shape index (κ1) is 15.9. The first-order valence-corrected chi connectivity index (χ1v) is 6.28. The fourth-order valence-corrected chi connectivity index (χ4v) is 1.57. The lowest BCUT2D eigenvalue weighted by atomic mass is 10.2. The van der Waals surface area contributed by atoms with Crippen LogP contribution in [0.3, 0.4) is 0 Å². The van der Waals surface area contributed by atoms with Crippen molar-refractivity contribution >= 4 is 12.0 Å². The second-order valence-corrected chi connectivity index (χ2v) is 4.18. The van der Waals surface area contributed by atoms with Crippen LogP contribution in [0, 0.1) is 0 Å². The van der Waals surface area contributed by atoms with Crippen molar-refractivity contribution < 1.29 is 19.4 Å². The van der Waals surface area contributed by atoms with Gasteiger partial charge in [0.05, 0.1) is 0 Å². The van der Waals surface area contributed by atoms with E-state index in [1.54, 1.807) is 12.4 Å². The minimum Gasteiger partial charge on any atom is -0.480 e. The number of ether oxygens (including phenoxy) is 1. The summed E-state index contributed by atoms with van der Waals surface area (Å²) in [6.45, 7) is 0.682. The third-order valence-electron chi connectivity index (χ3n) is 2.64. The molecule has 7 heteroatoms. The number of rotatable bonds is 8. The molecule has 0 aromatic carbocycles. The van der Waals surface area contributed by atoms with Crippen LogP contribution in [0.5, 0.6) is 0 Å². The second-order valence-electron chi connectivity index (χ2n) is 4.18. The van der Waals surface area contributed by atoms with E-state index in [2.05, 4.69) is 15.6 Å². The molecule has 0 spiro atoms. The molecule has 0 aliphatic heterocycles. The number of carbonyl (C=O) groups excluding carboxylic acids is 1. The van der Waals surface area contributed by atoms with Gasteiger partial charge in [-0.05, 0) is 18.1 Å². The van der Waals surface area contributed by atoms with Crippen molar-refractivity contribution in [3.05, 3.63) is 30.1 Å². The van der Waals surface area contributed by atoms with Crippen LogP contribution in [0.2, 0.25) is 0 Å². The van der Waals surface area contributed by atoms with Crippen LogP contribution >= 0.6 is 0 Å². The Bertz CT molecular complexity index is 425. The highest BCUT2D eigenvalue weighted by Crippen LogP contribution is 1.96. The van der Waals surface area contributed by atoms with E-state index < -0.39 is 18.0 Å². The lowest BCUT2D eigenvalue weighted by molar-refractivity contribution is -0.139. The van der Waals surface area contributed by atoms with Gasteiger partial charge < -0.3 is 20.5 Å². The average molecular weight is 281 g/mol. The number of methoxy groups -OCH3 is 1. The van der Waals surface area contributed by atoms with Crippen LogP contribution in [-0.4, -0.2) is 48.4 Å². The number of carbonyl (C=O) groups is 2. The highest BCUT2D eigenvalue weighted by atomic mass is 16.5. The van der Waals surface area contributed by atoms with E-state index in [1.165, 1.54) is 7.11 Å². The van der Waals surface area contributed by atoms with Crippen molar-refractivity contribution in [2.24, 2.45) is 0 Å². The molecular formula is C13H19N3O4. The SMILES string of the molecule is COCCC(NC(=O)NCCc1cccnc1)C(=O)O. The van der Waals surface area contributed by atoms with Gasteiger partial charge in [-0.1, -0.05) is 6.07 Å². The van der Waals surface area contributed by atoms with Gasteiger partial charge in [-0.25, -0.2) is 9.59 Å². The normalized spacial score (nSPS) is 11.7. The van der Waals surface area contributed by atoms with Gasteiger partial charge in [0, 0.05) is 39.1 Å². The summed E-state index contributed by atoms with van der Waals surface area (Å²) < 4.78 is 4.80. The number of hydrogen-bond acceptors (Lipinski definition) is 4. The summed E-state index contributed by atoms with van der Waals surface area (Å²) in [5.41, 5.74) is 1.00. The van der Waals surface area contributed by atoms with E-state index in [0.29, 0.717) is 13.0 Å². The molecule has 0 saturated heterocycles. The predicted molar refractivity (Wildman–Crippen MR) is 72.4 cm³/mol. The van der Waals surface area contributed by atoms with E-state index in [4.69, 9.17) is 9.84 Å². The van der Waals surface area contributed by atoms with Gasteiger partial charge in [0.2, 0.25) is 0 Å². The Morgan fingerprint density at radius 1 is 1.50 bits per heavy atom. The van der Waals surface area contributed by atoms with E-state index in [0.717, 1.165) is 5.56 Å². The Kier molecular flexibility index (Phi) is 7.05. The Balaban J connectivity index is 2.29. The maximum atomic E-state index is 11.6. The number of carboxylic acids is 1. The van der Waals surface area contributed by atoms with Crippen LogP contribution in [-0.2, 0) is 16.0 Å². The quantitative estimate of drug-likeness (QED) is 0.641. The zero-order valence-corrected chi connectivity index (χ0v) is 11.3. The molecule has 1 unspecified atom stereocenters. The molecule has 0 saturated carbocycles. The van der Waals surface area contributed by atoms with Crippen molar-refractivity contribution in [2.45, 2.75) is 18.9 Å². The Hall–Kier alpha value is -2.15. The van der Waals surface area contributed by atoms with E-state index in [1.807, 2.05) is 12.1 Å². The fraction of sp³-hybridized carbons (Fsp3) is 0.462. The van der Waals surface area contributed by atoms with Crippen molar-refractivity contribution in [3.8, 4) is 0 Å². The summed E-state index contributed by atoms with van der Waals surface area (Å²) >= 11 is 0. The molecule has 0 radical (unpaired) electrons. The monoisotopic (exact) mass is 281 g/mol. The van der Waals surface area contributed by atoms with Crippen LogP contribution < -0.4 is 10.6 Å². The van der Waals surface area contributed by atoms with Gasteiger partial charge in [-0.2, -0.15) is 0 Å². The summed E-state index contributed by atoms with van der Waals surface area (Å²) in [5, 5.41) is 13.9. The van der Waals surface area contributed by atoms with E-state index in [-0.39, 0.29) is 13.0 Å². The average Bonchev–Trinajstić information content (AvgIpc) is 2.44. The third-order valence-corrected chi connectivity index (χ3v) is 2.64. The van der Waals surface area contributed by atoms with Crippen molar-refractivity contribution in [3.63, 3.8) is 0 Å². The fourth-order valence-electron chi connectivity index (χ4n) is 1.57. The number of aromatic nitrogens is 1. The third kappa shape index (κ3) is 6.14. The van der Waals surface area contributed by atoms with Gasteiger partial charge in [0.15, 0.2) is 0 Å². The zero-order valence-electron chi connectivity index (χ0n) is 11.3. The topological polar surface area (TPSA) is 101 Å². The Labute approximate surface area is 117 Å². The molecule has 3 N–H and O–H groups in total. The summed E-state index contributed by atoms with van der Waals surface area (Å²) in [5.74, 6) is -1.08. The van der Waals surface area contributed by atoms with Gasteiger partial charge >= 0.3 is 12.0 Å². The number of aliphatic carboxylic acids is 1. The highest BCUT2D eigenvalue weighted by molar-refractivity contribution is 5.82. The standard InChI is InChI=1S/C13H19N3O4/c1-20-8-5-11(12(17)18)16-13(19)15-7-4-10-3-2-6-14-9-10/h2-3,6,9,11H,4-5,7-8H2,1H3,(H,17,18)(H2,15,16,19). The predicted octanol–water partition coefficient (Wildman–Crippen LogP) is 0.413. The molecule has 1 aromatic heterocycles. The van der Waals surface area contributed by atoms with Crippen molar-refractivity contribution in [2.75, 3.05) is 20.3 Å². The van der Waals surface area contributed by atoms with Gasteiger partial charge in [-0.15, -0.1) is 0 Å². The number of pyridine rings is 1. The summed E-state index contributed by atoms with van der Waals surface area (Å²) in [4.78, 5) is 26.5. The highest BCUT2D eigenvalue weighted by Gasteiger charge is 2.19. The van der Waals surface area contributed by atoms with Crippen LogP contribution in [0.25, 0.3) is 0 Å². The Morgan fingerprint density at radius 3 is 2.90 bits per heavy atom. The lowest BCUT2D eigenvalue weighted by Crippen LogP contribution is -2.46. The number of carboxylic acid groups (broad SMARTS) is 1. The van der Waals surface area contributed by atoms with Crippen molar-refractivity contribution in [1.29, 1.82) is 0 Å². The summed E-state index contributed by atoms with van der Waals surface area (Å²) in [6.07, 6.45) is 4.26. The van der Waals surface area contributed by atoms with Gasteiger partial charge in [0.1, 0.15) is 6.04 Å². The molecule has 20 heavy (non-hydrogen) atoms. The molecule has 0 aliphatic carbocycles. The smallest absolute Gasteiger partial charge is 0.326 e. The summed E-state index contributed by atoms with van der Waals surface area (Å²) in [6, 6.07) is 2.27. The lowest BCUT2D eigenvalue weighted by Gasteiger charge is -2.14. The second kappa shape index (κ2) is 8.87. The number of nitrogens with zero attached hydrogens (tertiary/aromatic N) is 1. The number of amides is 2. The molecule has 1 atom stereocenters. The maximum Gasteiger partial charge on any atom is 0.326 e. The zero-order chi connectivity index (χ0) is 14.8. The van der Waals surface area contributed by atoms with Gasteiger partial charge in [-0.3, -0.25) is 4.98 Å². The van der Waals surface area contributed by atoms with Crippen molar-refractivity contribution in [1.82, 2.24) is 15.6 Å². The minimum absolute atomic E-state index is 0.224. The number of urea groups is 1. The van der Waals surface area contributed by atoms with E-state index >= 15 is 0 Å². The van der Waals surface area contributed by atoms with Crippen LogP contribution in [0.15, 0.2) is 24.5 Å². The molecule has 0 bridgehead atoms. The van der Waals surface area contributed by atoms with E-state index in [9.17, 15) is 9.59 Å². The minimum atomic E-state index is -1.08. The maximum absolute atomic E-state index is 11.6. The molecule has 1 rings (SSSR count). The molecular weight excluding hydrogens is 262 g/mol. The van der Waals surface area contributed by atoms with Crippen LogP contribution in [0.4, 0.5) is 4.79 Å². The molecule has 0 aliphatic rings. The first-order chi connectivity index (χ1) is 9.63. The number of hydrogen-bond donors (Lipinski definition) is 3. The molecule has 110 valence electrons.